The summed E-state index contributed by atoms with van der Waals surface area (Å²) in [6.45, 7) is 0. The van der Waals surface area contributed by atoms with Crippen molar-refractivity contribution < 1.29 is 19.1 Å². The molecule has 0 bridgehead atoms. The van der Waals surface area contributed by atoms with Crippen LogP contribution in [0.3, 0.4) is 0 Å². The minimum Gasteiger partial charge on any atom is -0.465 e. The third-order valence-corrected chi connectivity index (χ3v) is 2.47. The predicted octanol–water partition coefficient (Wildman–Crippen LogP) is 0.480. The first-order chi connectivity index (χ1) is 9.42. The zero-order valence-corrected chi connectivity index (χ0v) is 11.7. The van der Waals surface area contributed by atoms with Gasteiger partial charge in [-0.1, -0.05) is 0 Å². The Morgan fingerprint density at radius 1 is 1.20 bits per heavy atom. The summed E-state index contributed by atoms with van der Waals surface area (Å²) in [7, 11) is 5.90. The Hall–Kier alpha value is -2.57. The maximum atomic E-state index is 11.8. The quantitative estimate of drug-likeness (QED) is 0.807. The summed E-state index contributed by atoms with van der Waals surface area (Å²) >= 11 is 0. The minimum atomic E-state index is -0.824. The van der Waals surface area contributed by atoms with Gasteiger partial charge in [0.25, 0.3) is 5.56 Å². The molecular formula is C13H16N2O5. The topological polar surface area (TPSA) is 88.7 Å². The second-order valence-corrected chi connectivity index (χ2v) is 4.08. The van der Waals surface area contributed by atoms with Crippen molar-refractivity contribution in [1.82, 2.24) is 9.88 Å². The Balaban J connectivity index is 3.59. The maximum Gasteiger partial charge on any atom is 0.344 e. The molecule has 7 heteroatoms. The van der Waals surface area contributed by atoms with Gasteiger partial charge in [0.2, 0.25) is 0 Å². The normalized spacial score (nSPS) is 10.4. The highest BCUT2D eigenvalue weighted by molar-refractivity contribution is 6.00. The number of esters is 2. The van der Waals surface area contributed by atoms with E-state index in [1.807, 2.05) is 0 Å². The SMILES string of the molecule is COC(=O)c1c[nH]c(=O)c(C(=O)OC)c1/C=C/N(C)C. The molecule has 108 valence electrons. The molecule has 0 amide bonds. The van der Waals surface area contributed by atoms with E-state index in [-0.39, 0.29) is 16.7 Å². The fraction of sp³-hybridized carbons (Fsp3) is 0.308. The number of carbonyl (C=O) groups excluding carboxylic acids is 2. The van der Waals surface area contributed by atoms with E-state index in [0.717, 1.165) is 7.11 Å². The van der Waals surface area contributed by atoms with Gasteiger partial charge in [0.1, 0.15) is 5.56 Å². The van der Waals surface area contributed by atoms with Gasteiger partial charge in [0.15, 0.2) is 0 Å². The van der Waals surface area contributed by atoms with E-state index in [1.54, 1.807) is 25.2 Å². The number of hydrogen-bond donors (Lipinski definition) is 1. The maximum absolute atomic E-state index is 11.8. The summed E-state index contributed by atoms with van der Waals surface area (Å²) in [5, 5.41) is 0. The van der Waals surface area contributed by atoms with E-state index >= 15 is 0 Å². The summed E-state index contributed by atoms with van der Waals surface area (Å²) in [5.74, 6) is -1.49. The molecule has 20 heavy (non-hydrogen) atoms. The van der Waals surface area contributed by atoms with Crippen LogP contribution in [0.15, 0.2) is 17.2 Å². The Labute approximate surface area is 115 Å². The van der Waals surface area contributed by atoms with Crippen LogP contribution < -0.4 is 5.56 Å². The van der Waals surface area contributed by atoms with Gasteiger partial charge in [-0.15, -0.1) is 0 Å². The van der Waals surface area contributed by atoms with Crippen molar-refractivity contribution in [3.63, 3.8) is 0 Å². The van der Waals surface area contributed by atoms with Gasteiger partial charge in [0.05, 0.1) is 19.8 Å². The lowest BCUT2D eigenvalue weighted by Gasteiger charge is -2.10. The number of rotatable bonds is 4. The summed E-state index contributed by atoms with van der Waals surface area (Å²) in [4.78, 5) is 39.2. The molecule has 0 spiro atoms. The van der Waals surface area contributed by atoms with Crippen molar-refractivity contribution in [3.05, 3.63) is 39.4 Å². The second kappa shape index (κ2) is 6.55. The molecule has 0 saturated carbocycles. The van der Waals surface area contributed by atoms with E-state index in [4.69, 9.17) is 0 Å². The zero-order valence-electron chi connectivity index (χ0n) is 11.7. The van der Waals surface area contributed by atoms with Gasteiger partial charge in [-0.25, -0.2) is 9.59 Å². The van der Waals surface area contributed by atoms with Gasteiger partial charge in [-0.3, -0.25) is 4.79 Å². The standard InChI is InChI=1S/C13H16N2O5/c1-15(2)6-5-8-9(12(17)19-3)7-14-11(16)10(8)13(18)20-4/h5-7H,1-4H3,(H,14,16)/b6-5+. The number of nitrogens with one attached hydrogen (secondary N) is 1. The molecule has 0 radical (unpaired) electrons. The molecule has 0 aliphatic carbocycles. The van der Waals surface area contributed by atoms with Gasteiger partial charge in [-0.2, -0.15) is 0 Å². The highest BCUT2D eigenvalue weighted by atomic mass is 16.5. The van der Waals surface area contributed by atoms with Crippen LogP contribution in [-0.2, 0) is 9.47 Å². The summed E-state index contributed by atoms with van der Waals surface area (Å²) < 4.78 is 9.21. The number of methoxy groups -OCH3 is 2. The van der Waals surface area contributed by atoms with Crippen LogP contribution >= 0.6 is 0 Å². The molecule has 1 aromatic heterocycles. The number of aromatic amines is 1. The number of H-pyrrole nitrogens is 1. The fourth-order valence-electron chi connectivity index (χ4n) is 1.52. The van der Waals surface area contributed by atoms with E-state index in [0.29, 0.717) is 0 Å². The van der Waals surface area contributed by atoms with E-state index in [1.165, 1.54) is 19.4 Å². The van der Waals surface area contributed by atoms with Crippen LogP contribution in [0.1, 0.15) is 26.3 Å². The molecule has 0 fully saturated rings. The summed E-state index contributed by atoms with van der Waals surface area (Å²) in [6.07, 6.45) is 4.29. The number of nitrogens with zero attached hydrogens (tertiary/aromatic N) is 1. The highest BCUT2D eigenvalue weighted by Gasteiger charge is 2.22. The van der Waals surface area contributed by atoms with Crippen molar-refractivity contribution >= 4 is 18.0 Å². The molecule has 0 aliphatic heterocycles. The Morgan fingerprint density at radius 2 is 1.80 bits per heavy atom. The molecule has 0 unspecified atom stereocenters. The lowest BCUT2D eigenvalue weighted by Crippen LogP contribution is -2.23. The van der Waals surface area contributed by atoms with Crippen molar-refractivity contribution in [2.24, 2.45) is 0 Å². The van der Waals surface area contributed by atoms with Crippen LogP contribution in [0.5, 0.6) is 0 Å². The van der Waals surface area contributed by atoms with E-state index in [9.17, 15) is 14.4 Å². The first kappa shape index (κ1) is 15.5. The van der Waals surface area contributed by atoms with Gasteiger partial charge < -0.3 is 19.4 Å². The Kier molecular flexibility index (Phi) is 5.08. The van der Waals surface area contributed by atoms with Crippen LogP contribution in [0, 0.1) is 0 Å². The van der Waals surface area contributed by atoms with E-state index in [2.05, 4.69) is 14.5 Å². The van der Waals surface area contributed by atoms with Crippen LogP contribution in [0.25, 0.3) is 6.08 Å². The first-order valence-corrected chi connectivity index (χ1v) is 5.69. The molecule has 0 atom stereocenters. The smallest absolute Gasteiger partial charge is 0.344 e. The number of carbonyl (C=O) groups is 2. The van der Waals surface area contributed by atoms with Gasteiger partial charge in [-0.05, 0) is 12.3 Å². The first-order valence-electron chi connectivity index (χ1n) is 5.69. The number of aromatic nitrogens is 1. The summed E-state index contributed by atoms with van der Waals surface area (Å²) in [5.41, 5.74) is -0.650. The lowest BCUT2D eigenvalue weighted by atomic mass is 10.0. The number of hydrogen-bond acceptors (Lipinski definition) is 6. The van der Waals surface area contributed by atoms with Crippen molar-refractivity contribution in [1.29, 1.82) is 0 Å². The predicted molar refractivity (Wildman–Crippen MR) is 72.5 cm³/mol. The van der Waals surface area contributed by atoms with Crippen molar-refractivity contribution in [3.8, 4) is 0 Å². The molecule has 1 heterocycles. The molecule has 0 aromatic carbocycles. The van der Waals surface area contributed by atoms with Crippen molar-refractivity contribution in [2.75, 3.05) is 28.3 Å². The average molecular weight is 280 g/mol. The van der Waals surface area contributed by atoms with E-state index < -0.39 is 17.5 Å². The average Bonchev–Trinajstić information content (AvgIpc) is 2.43. The number of ether oxygens (including phenoxy) is 2. The van der Waals surface area contributed by atoms with Gasteiger partial charge in [0, 0.05) is 25.9 Å². The van der Waals surface area contributed by atoms with Crippen LogP contribution in [0.4, 0.5) is 0 Å². The molecular weight excluding hydrogens is 264 g/mol. The minimum absolute atomic E-state index is 0.0746. The zero-order chi connectivity index (χ0) is 15.3. The molecule has 1 N–H and O–H groups in total. The second-order valence-electron chi connectivity index (χ2n) is 4.08. The summed E-state index contributed by atoms with van der Waals surface area (Å²) in [6, 6.07) is 0. The van der Waals surface area contributed by atoms with Crippen LogP contribution in [-0.4, -0.2) is 50.1 Å². The number of pyridine rings is 1. The van der Waals surface area contributed by atoms with Gasteiger partial charge >= 0.3 is 11.9 Å². The monoisotopic (exact) mass is 280 g/mol. The highest BCUT2D eigenvalue weighted by Crippen LogP contribution is 2.15. The Bertz CT molecular complexity index is 601. The molecule has 0 saturated heterocycles. The third-order valence-electron chi connectivity index (χ3n) is 2.47. The molecule has 1 aromatic rings. The van der Waals surface area contributed by atoms with Crippen LogP contribution in [0.2, 0.25) is 0 Å². The fourth-order valence-corrected chi connectivity index (χ4v) is 1.52. The Morgan fingerprint density at radius 3 is 2.30 bits per heavy atom. The third kappa shape index (κ3) is 3.25. The molecule has 0 aliphatic rings. The largest absolute Gasteiger partial charge is 0.465 e. The molecule has 1 rings (SSSR count). The molecule has 7 nitrogen and oxygen atoms in total. The lowest BCUT2D eigenvalue weighted by molar-refractivity contribution is 0.0596. The van der Waals surface area contributed by atoms with Crippen molar-refractivity contribution in [2.45, 2.75) is 0 Å².